The van der Waals surface area contributed by atoms with Crippen LogP contribution in [0.25, 0.3) is 0 Å². The number of sulfonamides is 1. The predicted octanol–water partition coefficient (Wildman–Crippen LogP) is 1.36. The van der Waals surface area contributed by atoms with Crippen molar-refractivity contribution in [2.45, 2.75) is 36.1 Å². The molecule has 0 bridgehead atoms. The van der Waals surface area contributed by atoms with Gasteiger partial charge < -0.3 is 19.9 Å². The maximum atomic E-state index is 12.7. The van der Waals surface area contributed by atoms with Gasteiger partial charge in [-0.2, -0.15) is 0 Å². The number of aliphatic hydroxyl groups excluding tert-OH is 1. The summed E-state index contributed by atoms with van der Waals surface area (Å²) < 4.78 is 38.8. The quantitative estimate of drug-likeness (QED) is 0.502. The van der Waals surface area contributed by atoms with Crippen LogP contribution in [0.1, 0.15) is 12.0 Å². The van der Waals surface area contributed by atoms with E-state index in [-0.39, 0.29) is 17.2 Å². The minimum absolute atomic E-state index is 0.0411. The average Bonchev–Trinajstić information content (AvgIpc) is 2.79. The fourth-order valence-electron chi connectivity index (χ4n) is 3.18. The topological polar surface area (TPSA) is 114 Å². The molecule has 31 heavy (non-hydrogen) atoms. The van der Waals surface area contributed by atoms with Crippen LogP contribution < -0.4 is 14.8 Å². The van der Waals surface area contributed by atoms with Crippen LogP contribution in [0.4, 0.5) is 0 Å². The van der Waals surface area contributed by atoms with E-state index in [1.807, 2.05) is 30.3 Å². The van der Waals surface area contributed by atoms with Gasteiger partial charge in [0, 0.05) is 12.6 Å². The molecule has 9 heteroatoms. The van der Waals surface area contributed by atoms with Crippen LogP contribution in [-0.2, 0) is 26.1 Å². The normalized spacial score (nSPS) is 20.9. The van der Waals surface area contributed by atoms with Gasteiger partial charge >= 0.3 is 0 Å². The van der Waals surface area contributed by atoms with Gasteiger partial charge in [-0.15, -0.1) is 0 Å². The highest BCUT2D eigenvalue weighted by atomic mass is 32.2. The van der Waals surface area contributed by atoms with Gasteiger partial charge in [-0.3, -0.25) is 4.79 Å². The molecule has 0 unspecified atom stereocenters. The second-order valence-corrected chi connectivity index (χ2v) is 8.79. The number of rotatable bonds is 9. The van der Waals surface area contributed by atoms with Gasteiger partial charge in [0.1, 0.15) is 11.9 Å². The van der Waals surface area contributed by atoms with Gasteiger partial charge in [-0.1, -0.05) is 48.6 Å². The number of methoxy groups -OCH3 is 1. The Morgan fingerprint density at radius 1 is 1.13 bits per heavy atom. The average molecular weight is 447 g/mol. The Labute approximate surface area is 181 Å². The van der Waals surface area contributed by atoms with E-state index in [0.717, 1.165) is 5.56 Å². The Kier molecular flexibility index (Phi) is 7.80. The van der Waals surface area contributed by atoms with Crippen molar-refractivity contribution < 1.29 is 27.8 Å². The molecule has 1 amide bonds. The lowest BCUT2D eigenvalue weighted by Gasteiger charge is -2.31. The van der Waals surface area contributed by atoms with Crippen molar-refractivity contribution in [2.24, 2.45) is 0 Å². The maximum Gasteiger partial charge on any atom is 0.241 e. The second kappa shape index (κ2) is 10.5. The van der Waals surface area contributed by atoms with E-state index < -0.39 is 34.9 Å². The van der Waals surface area contributed by atoms with Crippen molar-refractivity contribution in [1.29, 1.82) is 0 Å². The summed E-state index contributed by atoms with van der Waals surface area (Å²) in [5.74, 6) is 0.212. The number of amides is 1. The highest BCUT2D eigenvalue weighted by Crippen LogP contribution is 2.20. The van der Waals surface area contributed by atoms with Crippen molar-refractivity contribution in [2.75, 3.05) is 13.7 Å². The van der Waals surface area contributed by atoms with E-state index in [9.17, 15) is 18.3 Å². The Balaban J connectivity index is 1.60. The van der Waals surface area contributed by atoms with Gasteiger partial charge in [0.05, 0.1) is 37.2 Å². The highest BCUT2D eigenvalue weighted by Gasteiger charge is 2.31. The molecule has 0 aromatic heterocycles. The summed E-state index contributed by atoms with van der Waals surface area (Å²) in [5.41, 5.74) is 0.983. The maximum absolute atomic E-state index is 12.7. The van der Waals surface area contributed by atoms with Crippen LogP contribution in [0.15, 0.2) is 71.6 Å². The van der Waals surface area contributed by atoms with E-state index in [4.69, 9.17) is 9.47 Å². The summed E-state index contributed by atoms with van der Waals surface area (Å²) >= 11 is 0. The molecule has 0 fully saturated rings. The number of hydrogen-bond donors (Lipinski definition) is 3. The van der Waals surface area contributed by atoms with Crippen LogP contribution in [0.2, 0.25) is 0 Å². The van der Waals surface area contributed by atoms with Crippen LogP contribution >= 0.6 is 0 Å². The number of hydrogen-bond acceptors (Lipinski definition) is 6. The molecule has 1 heterocycles. The summed E-state index contributed by atoms with van der Waals surface area (Å²) in [5, 5.41) is 12.5. The molecular weight excluding hydrogens is 420 g/mol. The number of ether oxygens (including phenoxy) is 2. The third-order valence-electron chi connectivity index (χ3n) is 4.82. The van der Waals surface area contributed by atoms with Crippen LogP contribution in [0.3, 0.4) is 0 Å². The smallest absolute Gasteiger partial charge is 0.241 e. The zero-order valence-corrected chi connectivity index (χ0v) is 17.9. The molecule has 3 N–H and O–H groups in total. The van der Waals surface area contributed by atoms with Crippen molar-refractivity contribution in [3.63, 3.8) is 0 Å². The largest absolute Gasteiger partial charge is 0.497 e. The number of benzene rings is 2. The molecule has 1 aliphatic heterocycles. The summed E-state index contributed by atoms with van der Waals surface area (Å²) in [6.07, 6.45) is 1.92. The standard InChI is InChI=1S/C22H26N2O6S/c1-29-17-8-5-9-19(12-17)31(27,28)24-20-11-10-18(30-21(20)15-25)13-22(26)23-14-16-6-3-2-4-7-16/h2-12,18,20-21,24-25H,13-15H2,1H3,(H,23,26)/t18-,20-,21-/m1/s1. The summed E-state index contributed by atoms with van der Waals surface area (Å²) in [4.78, 5) is 12.3. The van der Waals surface area contributed by atoms with Crippen LogP contribution in [0.5, 0.6) is 5.75 Å². The minimum atomic E-state index is -3.87. The van der Waals surface area contributed by atoms with E-state index in [2.05, 4.69) is 10.0 Å². The predicted molar refractivity (Wildman–Crippen MR) is 115 cm³/mol. The Morgan fingerprint density at radius 2 is 1.90 bits per heavy atom. The van der Waals surface area contributed by atoms with Crippen molar-refractivity contribution in [3.05, 3.63) is 72.3 Å². The van der Waals surface area contributed by atoms with Gasteiger partial charge in [0.15, 0.2) is 0 Å². The molecule has 1 aliphatic rings. The zero-order chi connectivity index (χ0) is 22.3. The number of aliphatic hydroxyl groups is 1. The third-order valence-corrected chi connectivity index (χ3v) is 6.28. The van der Waals surface area contributed by atoms with E-state index in [1.165, 1.54) is 19.2 Å². The number of carbonyl (C=O) groups excluding carboxylic acids is 1. The molecule has 166 valence electrons. The van der Waals surface area contributed by atoms with Gasteiger partial charge in [-0.05, 0) is 17.7 Å². The fraction of sp³-hybridized carbons (Fsp3) is 0.318. The van der Waals surface area contributed by atoms with E-state index in [0.29, 0.717) is 12.3 Å². The Bertz CT molecular complexity index is 1010. The molecule has 3 rings (SSSR count). The molecule has 2 aromatic rings. The molecule has 0 saturated carbocycles. The lowest BCUT2D eigenvalue weighted by Crippen LogP contribution is -2.49. The first-order valence-electron chi connectivity index (χ1n) is 9.83. The molecule has 0 aliphatic carbocycles. The van der Waals surface area contributed by atoms with Crippen molar-refractivity contribution >= 4 is 15.9 Å². The van der Waals surface area contributed by atoms with Crippen molar-refractivity contribution in [3.8, 4) is 5.75 Å². The second-order valence-electron chi connectivity index (χ2n) is 7.07. The van der Waals surface area contributed by atoms with E-state index in [1.54, 1.807) is 24.3 Å². The first-order valence-corrected chi connectivity index (χ1v) is 11.3. The summed E-state index contributed by atoms with van der Waals surface area (Å²) in [7, 11) is -2.41. The SMILES string of the molecule is COc1cccc(S(=O)(=O)N[C@@H]2C=C[C@H](CC(=O)NCc3ccccc3)O[C@@H]2CO)c1. The monoisotopic (exact) mass is 446 g/mol. The van der Waals surface area contributed by atoms with Gasteiger partial charge in [-0.25, -0.2) is 13.1 Å². The van der Waals surface area contributed by atoms with Crippen LogP contribution in [0, 0.1) is 0 Å². The summed E-state index contributed by atoms with van der Waals surface area (Å²) in [6, 6.07) is 14.8. The third kappa shape index (κ3) is 6.38. The molecule has 8 nitrogen and oxygen atoms in total. The van der Waals surface area contributed by atoms with Gasteiger partial charge in [0.25, 0.3) is 0 Å². The fourth-order valence-corrected chi connectivity index (χ4v) is 4.43. The number of nitrogens with one attached hydrogen (secondary N) is 2. The first-order chi connectivity index (χ1) is 14.9. The highest BCUT2D eigenvalue weighted by molar-refractivity contribution is 7.89. The molecule has 0 saturated heterocycles. The minimum Gasteiger partial charge on any atom is -0.497 e. The zero-order valence-electron chi connectivity index (χ0n) is 17.1. The van der Waals surface area contributed by atoms with E-state index >= 15 is 0 Å². The molecule has 3 atom stereocenters. The van der Waals surface area contributed by atoms with Crippen LogP contribution in [-0.4, -0.2) is 51.4 Å². The lowest BCUT2D eigenvalue weighted by atomic mass is 10.1. The van der Waals surface area contributed by atoms with Crippen molar-refractivity contribution in [1.82, 2.24) is 10.0 Å². The first kappa shape index (κ1) is 23.0. The number of carbonyl (C=O) groups is 1. The molecule has 0 spiro atoms. The summed E-state index contributed by atoms with van der Waals surface area (Å²) in [6.45, 7) is 0.000268. The Morgan fingerprint density at radius 3 is 2.61 bits per heavy atom. The molecular formula is C22H26N2O6S. The molecule has 2 aromatic carbocycles. The Hall–Kier alpha value is -2.72. The molecule has 0 radical (unpaired) electrons. The van der Waals surface area contributed by atoms with Gasteiger partial charge in [0.2, 0.25) is 15.9 Å². The lowest BCUT2D eigenvalue weighted by molar-refractivity contribution is -0.125.